The van der Waals surface area contributed by atoms with Crippen LogP contribution in [0.2, 0.25) is 0 Å². The molecule has 0 aliphatic carbocycles. The monoisotopic (exact) mass is 486 g/mol. The lowest BCUT2D eigenvalue weighted by Crippen LogP contribution is -2.41. The summed E-state index contributed by atoms with van der Waals surface area (Å²) in [6.45, 7) is 4.27. The minimum absolute atomic E-state index is 0.0500. The molecule has 1 amide bonds. The molecule has 8 heteroatoms. The fraction of sp³-hybridized carbons (Fsp3) is 0.321. The van der Waals surface area contributed by atoms with Crippen molar-refractivity contribution >= 4 is 17.3 Å². The molecule has 0 bridgehead atoms. The number of ether oxygens (including phenoxy) is 5. The van der Waals surface area contributed by atoms with Gasteiger partial charge in [0.15, 0.2) is 11.5 Å². The van der Waals surface area contributed by atoms with Gasteiger partial charge in [0, 0.05) is 49.1 Å². The summed E-state index contributed by atoms with van der Waals surface area (Å²) < 4.78 is 29.7. The van der Waals surface area contributed by atoms with Gasteiger partial charge in [0.2, 0.25) is 5.91 Å². The lowest BCUT2D eigenvalue weighted by atomic mass is 9.76. The maximum atomic E-state index is 13.9. The lowest BCUT2D eigenvalue weighted by molar-refractivity contribution is -0.121. The highest BCUT2D eigenvalue weighted by atomic mass is 16.6. The summed E-state index contributed by atoms with van der Waals surface area (Å²) in [7, 11) is 1.80. The molecule has 1 saturated heterocycles. The average molecular weight is 487 g/mol. The van der Waals surface area contributed by atoms with E-state index in [1.807, 2.05) is 48.5 Å². The van der Waals surface area contributed by atoms with Crippen molar-refractivity contribution in [1.29, 1.82) is 0 Å². The Morgan fingerprint density at radius 2 is 1.64 bits per heavy atom. The predicted octanol–water partition coefficient (Wildman–Crippen LogP) is 3.74. The number of hydrogen-bond acceptors (Lipinski definition) is 7. The Bertz CT molecular complexity index is 1370. The van der Waals surface area contributed by atoms with Gasteiger partial charge in [-0.2, -0.15) is 0 Å². The molecule has 4 aliphatic rings. The van der Waals surface area contributed by atoms with Crippen molar-refractivity contribution in [2.45, 2.75) is 5.41 Å². The molecule has 7 rings (SSSR count). The summed E-state index contributed by atoms with van der Waals surface area (Å²) in [5.74, 6) is 3.21. The lowest BCUT2D eigenvalue weighted by Gasteiger charge is -2.29. The molecule has 1 spiro atoms. The number of rotatable bonds is 3. The van der Waals surface area contributed by atoms with Crippen LogP contribution < -0.4 is 28.7 Å². The number of nitrogens with zero attached hydrogens (tertiary/aromatic N) is 2. The van der Waals surface area contributed by atoms with Crippen molar-refractivity contribution in [2.24, 2.45) is 0 Å². The molecule has 36 heavy (non-hydrogen) atoms. The predicted molar refractivity (Wildman–Crippen MR) is 133 cm³/mol. The average Bonchev–Trinajstić information content (AvgIpc) is 3.40. The van der Waals surface area contributed by atoms with E-state index in [2.05, 4.69) is 11.0 Å². The van der Waals surface area contributed by atoms with Crippen LogP contribution in [0.4, 0.5) is 11.4 Å². The SMILES string of the molecule is CN1C(=O)C2(COc3cc4c(cc32)OCCO4)c2c(Oc3cccc(N4CCOCC4)c3)cccc21. The molecular weight excluding hydrogens is 460 g/mol. The molecule has 1 fully saturated rings. The first-order chi connectivity index (χ1) is 17.6. The zero-order valence-corrected chi connectivity index (χ0v) is 20.0. The quantitative estimate of drug-likeness (QED) is 0.559. The van der Waals surface area contributed by atoms with Crippen molar-refractivity contribution in [1.82, 2.24) is 0 Å². The minimum Gasteiger partial charge on any atom is -0.491 e. The molecule has 4 heterocycles. The standard InChI is InChI=1S/C28H26N2O6/c1-29-21-6-3-7-22(36-19-5-2-4-18(14-19)30-8-10-32-11-9-30)26(21)28(27(29)31)17-35-23-16-25-24(15-20(23)28)33-12-13-34-25/h2-7,14-16H,8-13,17H2,1H3. The topological polar surface area (TPSA) is 69.7 Å². The van der Waals surface area contributed by atoms with E-state index in [0.717, 1.165) is 35.6 Å². The summed E-state index contributed by atoms with van der Waals surface area (Å²) in [6, 6.07) is 17.6. The smallest absolute Gasteiger partial charge is 0.245 e. The molecule has 3 aromatic rings. The van der Waals surface area contributed by atoms with Gasteiger partial charge in [0.25, 0.3) is 0 Å². The van der Waals surface area contributed by atoms with Gasteiger partial charge >= 0.3 is 0 Å². The van der Waals surface area contributed by atoms with Crippen LogP contribution >= 0.6 is 0 Å². The van der Waals surface area contributed by atoms with E-state index in [-0.39, 0.29) is 12.5 Å². The van der Waals surface area contributed by atoms with Crippen molar-refractivity contribution in [2.75, 3.05) is 63.0 Å². The zero-order chi connectivity index (χ0) is 24.3. The van der Waals surface area contributed by atoms with Gasteiger partial charge < -0.3 is 33.5 Å². The molecule has 1 atom stereocenters. The second-order valence-corrected chi connectivity index (χ2v) is 9.40. The van der Waals surface area contributed by atoms with Gasteiger partial charge in [-0.3, -0.25) is 4.79 Å². The fourth-order valence-corrected chi connectivity index (χ4v) is 5.68. The van der Waals surface area contributed by atoms with E-state index in [1.165, 1.54) is 0 Å². The third-order valence-electron chi connectivity index (χ3n) is 7.43. The summed E-state index contributed by atoms with van der Waals surface area (Å²) in [5.41, 5.74) is 2.47. The first kappa shape index (κ1) is 21.4. The minimum atomic E-state index is -1.02. The van der Waals surface area contributed by atoms with Gasteiger partial charge in [-0.05, 0) is 30.3 Å². The van der Waals surface area contributed by atoms with E-state index in [1.54, 1.807) is 11.9 Å². The Balaban J connectivity index is 1.32. The van der Waals surface area contributed by atoms with Crippen LogP contribution in [0.5, 0.6) is 28.7 Å². The van der Waals surface area contributed by atoms with Crippen molar-refractivity contribution in [3.8, 4) is 28.7 Å². The summed E-state index contributed by atoms with van der Waals surface area (Å²) in [6.07, 6.45) is 0. The van der Waals surface area contributed by atoms with Gasteiger partial charge in [0.1, 0.15) is 42.5 Å². The second-order valence-electron chi connectivity index (χ2n) is 9.40. The van der Waals surface area contributed by atoms with Crippen molar-refractivity contribution in [3.63, 3.8) is 0 Å². The molecule has 184 valence electrons. The van der Waals surface area contributed by atoms with Crippen molar-refractivity contribution < 1.29 is 28.5 Å². The molecule has 4 aliphatic heterocycles. The van der Waals surface area contributed by atoms with Gasteiger partial charge in [0.05, 0.1) is 18.9 Å². The Kier molecular flexibility index (Phi) is 4.79. The van der Waals surface area contributed by atoms with E-state index in [0.29, 0.717) is 55.2 Å². The second kappa shape index (κ2) is 8.06. The van der Waals surface area contributed by atoms with Gasteiger partial charge in [-0.1, -0.05) is 12.1 Å². The highest BCUT2D eigenvalue weighted by Gasteiger charge is 2.58. The Labute approximate surface area is 208 Å². The Hall–Kier alpha value is -3.91. The first-order valence-electron chi connectivity index (χ1n) is 12.2. The Morgan fingerprint density at radius 3 is 2.47 bits per heavy atom. The van der Waals surface area contributed by atoms with E-state index in [4.69, 9.17) is 23.7 Å². The third kappa shape index (κ3) is 3.07. The van der Waals surface area contributed by atoms with Gasteiger partial charge in [-0.15, -0.1) is 0 Å². The van der Waals surface area contributed by atoms with E-state index < -0.39 is 5.41 Å². The molecule has 0 aromatic heterocycles. The summed E-state index contributed by atoms with van der Waals surface area (Å²) in [4.78, 5) is 17.9. The molecule has 1 unspecified atom stereocenters. The van der Waals surface area contributed by atoms with Crippen molar-refractivity contribution in [3.05, 3.63) is 65.7 Å². The third-order valence-corrected chi connectivity index (χ3v) is 7.43. The molecule has 0 radical (unpaired) electrons. The number of hydrogen-bond donors (Lipinski definition) is 0. The zero-order valence-electron chi connectivity index (χ0n) is 20.0. The highest BCUT2D eigenvalue weighted by Crippen LogP contribution is 2.57. The van der Waals surface area contributed by atoms with Crippen LogP contribution in [0, 0.1) is 0 Å². The molecular formula is C28H26N2O6. The number of benzene rings is 3. The number of amides is 1. The van der Waals surface area contributed by atoms with Crippen LogP contribution in [-0.2, 0) is 14.9 Å². The normalized spacial score (nSPS) is 21.9. The number of fused-ring (bicyclic) bond motifs is 5. The Morgan fingerprint density at radius 1 is 0.861 bits per heavy atom. The highest BCUT2D eigenvalue weighted by molar-refractivity contribution is 6.12. The van der Waals surface area contributed by atoms with Crippen LogP contribution in [0.1, 0.15) is 11.1 Å². The maximum Gasteiger partial charge on any atom is 0.245 e. The number of anilines is 2. The van der Waals surface area contributed by atoms with Crippen LogP contribution in [0.15, 0.2) is 54.6 Å². The number of morpholine rings is 1. The number of carbonyl (C=O) groups excluding carboxylic acids is 1. The maximum absolute atomic E-state index is 13.9. The molecule has 8 nitrogen and oxygen atoms in total. The summed E-state index contributed by atoms with van der Waals surface area (Å²) >= 11 is 0. The number of carbonyl (C=O) groups is 1. The van der Waals surface area contributed by atoms with E-state index in [9.17, 15) is 4.79 Å². The fourth-order valence-electron chi connectivity index (χ4n) is 5.68. The molecule has 0 N–H and O–H groups in total. The van der Waals surface area contributed by atoms with Gasteiger partial charge in [-0.25, -0.2) is 0 Å². The van der Waals surface area contributed by atoms with Crippen LogP contribution in [0.25, 0.3) is 0 Å². The van der Waals surface area contributed by atoms with Crippen LogP contribution in [-0.4, -0.2) is 59.1 Å². The molecule has 0 saturated carbocycles. The first-order valence-corrected chi connectivity index (χ1v) is 12.2. The number of likely N-dealkylation sites (N-methyl/N-ethyl adjacent to an activating group) is 1. The largest absolute Gasteiger partial charge is 0.491 e. The van der Waals surface area contributed by atoms with E-state index >= 15 is 0 Å². The van der Waals surface area contributed by atoms with Crippen LogP contribution in [0.3, 0.4) is 0 Å². The summed E-state index contributed by atoms with van der Waals surface area (Å²) in [5, 5.41) is 0. The molecule has 3 aromatic carbocycles.